The maximum absolute atomic E-state index is 11.7. The molecule has 0 rings (SSSR count). The average Bonchev–Trinajstić information content (AvgIpc) is 2.13. The van der Waals surface area contributed by atoms with Crippen molar-refractivity contribution in [3.05, 3.63) is 0 Å². The van der Waals surface area contributed by atoms with Gasteiger partial charge < -0.3 is 9.47 Å². The summed E-state index contributed by atoms with van der Waals surface area (Å²) >= 11 is 0. The number of carbonyl (C=O) groups excluding carboxylic acids is 2. The van der Waals surface area contributed by atoms with Gasteiger partial charge in [0.1, 0.15) is 19.1 Å². The molecule has 0 aliphatic heterocycles. The molecule has 0 saturated heterocycles. The summed E-state index contributed by atoms with van der Waals surface area (Å²) < 4.78 is 43.9. The lowest BCUT2D eigenvalue weighted by Crippen LogP contribution is -2.28. The first-order chi connectivity index (χ1) is 7.26. The normalized spacial score (nSPS) is 13.3. The lowest BCUT2D eigenvalue weighted by molar-refractivity contribution is -0.185. The minimum atomic E-state index is -4.49. The van der Waals surface area contributed by atoms with E-state index < -0.39 is 37.1 Å². The van der Waals surface area contributed by atoms with Gasteiger partial charge in [0.15, 0.2) is 5.78 Å². The van der Waals surface area contributed by atoms with Crippen molar-refractivity contribution in [1.29, 1.82) is 0 Å². The lowest BCUT2D eigenvalue weighted by atomic mass is 10.2. The van der Waals surface area contributed by atoms with E-state index in [0.717, 1.165) is 6.92 Å². The molecular formula is C9H13F3O4. The summed E-state index contributed by atoms with van der Waals surface area (Å²) in [6.45, 7) is 1.33. The van der Waals surface area contributed by atoms with Gasteiger partial charge in [0.05, 0.1) is 6.61 Å². The van der Waals surface area contributed by atoms with Gasteiger partial charge in [-0.15, -0.1) is 0 Å². The van der Waals surface area contributed by atoms with Crippen molar-refractivity contribution in [1.82, 2.24) is 0 Å². The zero-order valence-corrected chi connectivity index (χ0v) is 8.97. The summed E-state index contributed by atoms with van der Waals surface area (Å²) in [7, 11) is 0. The van der Waals surface area contributed by atoms with Crippen LogP contribution in [0.5, 0.6) is 0 Å². The van der Waals surface area contributed by atoms with E-state index in [-0.39, 0.29) is 6.61 Å². The van der Waals surface area contributed by atoms with Crippen molar-refractivity contribution in [2.24, 2.45) is 0 Å². The molecule has 0 saturated carbocycles. The van der Waals surface area contributed by atoms with Gasteiger partial charge in [0, 0.05) is 0 Å². The molecule has 1 atom stereocenters. The largest absolute Gasteiger partial charge is 0.466 e. The standard InChI is InChI=1S/C9H13F3O4/c1-3-15-8(14)4-7(13)6(2)16-5-9(10,11)12/h6H,3-5H2,1-2H3. The third-order valence-corrected chi connectivity index (χ3v) is 1.57. The van der Waals surface area contributed by atoms with E-state index in [9.17, 15) is 22.8 Å². The third kappa shape index (κ3) is 7.22. The molecule has 7 heteroatoms. The maximum atomic E-state index is 11.7. The molecule has 16 heavy (non-hydrogen) atoms. The fourth-order valence-corrected chi connectivity index (χ4v) is 0.810. The summed E-state index contributed by atoms with van der Waals surface area (Å²) in [6, 6.07) is 0. The molecule has 0 fully saturated rings. The summed E-state index contributed by atoms with van der Waals surface area (Å²) in [5.41, 5.74) is 0. The highest BCUT2D eigenvalue weighted by atomic mass is 19.4. The first-order valence-electron chi connectivity index (χ1n) is 4.63. The summed E-state index contributed by atoms with van der Waals surface area (Å²) in [4.78, 5) is 22.0. The van der Waals surface area contributed by atoms with Crippen LogP contribution in [0.2, 0.25) is 0 Å². The van der Waals surface area contributed by atoms with E-state index >= 15 is 0 Å². The SMILES string of the molecule is CCOC(=O)CC(=O)C(C)OCC(F)(F)F. The monoisotopic (exact) mass is 242 g/mol. The van der Waals surface area contributed by atoms with Crippen LogP contribution < -0.4 is 0 Å². The summed E-state index contributed by atoms with van der Waals surface area (Å²) in [5.74, 6) is -1.50. The Labute approximate surface area is 90.7 Å². The zero-order chi connectivity index (χ0) is 12.8. The molecule has 0 aliphatic carbocycles. The third-order valence-electron chi connectivity index (χ3n) is 1.57. The van der Waals surface area contributed by atoms with Crippen LogP contribution in [-0.2, 0) is 19.1 Å². The van der Waals surface area contributed by atoms with Crippen molar-refractivity contribution in [3.63, 3.8) is 0 Å². The molecule has 0 amide bonds. The van der Waals surface area contributed by atoms with Gasteiger partial charge in [-0.05, 0) is 13.8 Å². The van der Waals surface area contributed by atoms with E-state index in [4.69, 9.17) is 0 Å². The smallest absolute Gasteiger partial charge is 0.411 e. The van der Waals surface area contributed by atoms with E-state index in [1.54, 1.807) is 6.92 Å². The highest BCUT2D eigenvalue weighted by Gasteiger charge is 2.30. The number of alkyl halides is 3. The predicted octanol–water partition coefficient (Wildman–Crippen LogP) is 1.48. The number of rotatable bonds is 6. The van der Waals surface area contributed by atoms with Crippen LogP contribution in [0.4, 0.5) is 13.2 Å². The van der Waals surface area contributed by atoms with Crippen LogP contribution in [0.25, 0.3) is 0 Å². The van der Waals surface area contributed by atoms with E-state index in [2.05, 4.69) is 9.47 Å². The second kappa shape index (κ2) is 6.47. The molecule has 0 spiro atoms. The predicted molar refractivity (Wildman–Crippen MR) is 47.7 cm³/mol. The van der Waals surface area contributed by atoms with Gasteiger partial charge in [-0.2, -0.15) is 13.2 Å². The Hall–Kier alpha value is -1.11. The van der Waals surface area contributed by atoms with E-state index in [0.29, 0.717) is 0 Å². The van der Waals surface area contributed by atoms with Crippen molar-refractivity contribution in [3.8, 4) is 0 Å². The van der Waals surface area contributed by atoms with Crippen LogP contribution in [0.1, 0.15) is 20.3 Å². The number of Topliss-reactive ketones (excluding diaryl/α,β-unsaturated/α-hetero) is 1. The number of hydrogen-bond acceptors (Lipinski definition) is 4. The van der Waals surface area contributed by atoms with Crippen molar-refractivity contribution in [2.75, 3.05) is 13.2 Å². The fraction of sp³-hybridized carbons (Fsp3) is 0.778. The Morgan fingerprint density at radius 2 is 1.88 bits per heavy atom. The Morgan fingerprint density at radius 1 is 1.31 bits per heavy atom. The molecule has 0 aromatic carbocycles. The summed E-state index contributed by atoms with van der Waals surface area (Å²) in [5, 5.41) is 0. The van der Waals surface area contributed by atoms with Crippen molar-refractivity contribution in [2.45, 2.75) is 32.5 Å². The Kier molecular flexibility index (Phi) is 6.02. The minimum Gasteiger partial charge on any atom is -0.466 e. The molecule has 0 aromatic heterocycles. The second-order valence-corrected chi connectivity index (χ2v) is 3.02. The first kappa shape index (κ1) is 14.9. The van der Waals surface area contributed by atoms with Gasteiger partial charge in [-0.25, -0.2) is 0 Å². The molecule has 4 nitrogen and oxygen atoms in total. The number of carbonyl (C=O) groups is 2. The maximum Gasteiger partial charge on any atom is 0.411 e. The number of ether oxygens (including phenoxy) is 2. The van der Waals surface area contributed by atoms with Crippen LogP contribution in [0.3, 0.4) is 0 Å². The molecule has 1 unspecified atom stereocenters. The number of ketones is 1. The van der Waals surface area contributed by atoms with Crippen LogP contribution >= 0.6 is 0 Å². The zero-order valence-electron chi connectivity index (χ0n) is 8.97. The molecule has 94 valence electrons. The Morgan fingerprint density at radius 3 is 2.31 bits per heavy atom. The number of halogens is 3. The first-order valence-corrected chi connectivity index (χ1v) is 4.63. The average molecular weight is 242 g/mol. The van der Waals surface area contributed by atoms with Gasteiger partial charge in [0.2, 0.25) is 0 Å². The number of esters is 1. The molecule has 0 aromatic rings. The highest BCUT2D eigenvalue weighted by molar-refractivity contribution is 5.97. The van der Waals surface area contributed by atoms with Crippen LogP contribution in [0, 0.1) is 0 Å². The number of hydrogen-bond donors (Lipinski definition) is 0. The van der Waals surface area contributed by atoms with Crippen LogP contribution in [0.15, 0.2) is 0 Å². The Balaban J connectivity index is 3.95. The van der Waals surface area contributed by atoms with Crippen molar-refractivity contribution < 1.29 is 32.2 Å². The Bertz CT molecular complexity index is 250. The molecular weight excluding hydrogens is 229 g/mol. The molecule has 0 N–H and O–H groups in total. The molecule has 0 bridgehead atoms. The second-order valence-electron chi connectivity index (χ2n) is 3.02. The highest BCUT2D eigenvalue weighted by Crippen LogP contribution is 2.15. The van der Waals surface area contributed by atoms with Crippen molar-refractivity contribution >= 4 is 11.8 Å². The molecule has 0 radical (unpaired) electrons. The lowest BCUT2D eigenvalue weighted by Gasteiger charge is -2.13. The van der Waals surface area contributed by atoms with E-state index in [1.807, 2.05) is 0 Å². The summed E-state index contributed by atoms with van der Waals surface area (Å²) in [6.07, 6.45) is -6.34. The quantitative estimate of drug-likeness (QED) is 0.523. The topological polar surface area (TPSA) is 52.6 Å². The minimum absolute atomic E-state index is 0.115. The fourth-order valence-electron chi connectivity index (χ4n) is 0.810. The van der Waals surface area contributed by atoms with Gasteiger partial charge in [-0.1, -0.05) is 0 Å². The van der Waals surface area contributed by atoms with Gasteiger partial charge in [0.25, 0.3) is 0 Å². The molecule has 0 aliphatic rings. The van der Waals surface area contributed by atoms with Gasteiger partial charge in [-0.3, -0.25) is 9.59 Å². The molecule has 0 heterocycles. The van der Waals surface area contributed by atoms with Gasteiger partial charge >= 0.3 is 12.1 Å². The van der Waals surface area contributed by atoms with Crippen LogP contribution in [-0.4, -0.2) is 37.2 Å². The van der Waals surface area contributed by atoms with E-state index in [1.165, 1.54) is 0 Å².